The van der Waals surface area contributed by atoms with Crippen molar-refractivity contribution in [1.29, 1.82) is 0 Å². The van der Waals surface area contributed by atoms with Crippen molar-refractivity contribution in [2.45, 2.75) is 25.2 Å². The molecule has 2 fully saturated rings. The van der Waals surface area contributed by atoms with Crippen molar-refractivity contribution < 1.29 is 19.1 Å². The number of amides is 2. The molecule has 0 unspecified atom stereocenters. The van der Waals surface area contributed by atoms with E-state index in [0.717, 1.165) is 5.56 Å². The van der Waals surface area contributed by atoms with Gasteiger partial charge in [0.1, 0.15) is 0 Å². The van der Waals surface area contributed by atoms with Crippen molar-refractivity contribution in [2.24, 2.45) is 0 Å². The van der Waals surface area contributed by atoms with E-state index in [1.54, 1.807) is 6.07 Å². The van der Waals surface area contributed by atoms with Crippen LogP contribution in [0.4, 0.5) is 0 Å². The fraction of sp³-hybridized carbons (Fsp3) is 0.500. The number of nitrogens with one attached hydrogen (secondary N) is 1. The van der Waals surface area contributed by atoms with Crippen LogP contribution in [0, 0.1) is 0 Å². The maximum Gasteiger partial charge on any atom is 0.311 e. The number of ether oxygens (including phenoxy) is 2. The fourth-order valence-electron chi connectivity index (χ4n) is 2.87. The average molecular weight is 339 g/mol. The van der Waals surface area contributed by atoms with Gasteiger partial charge >= 0.3 is 11.8 Å². The van der Waals surface area contributed by atoms with Gasteiger partial charge in [0.25, 0.3) is 0 Å². The zero-order valence-electron chi connectivity index (χ0n) is 12.7. The summed E-state index contributed by atoms with van der Waals surface area (Å²) in [5.41, 5.74) is 0.778. The molecule has 0 radical (unpaired) electrons. The highest BCUT2D eigenvalue weighted by Crippen LogP contribution is 2.31. The molecule has 0 aromatic heterocycles. The zero-order valence-corrected chi connectivity index (χ0v) is 13.5. The largest absolute Gasteiger partial charge is 0.347 e. The molecular weight excluding hydrogens is 320 g/mol. The van der Waals surface area contributed by atoms with Crippen LogP contribution in [0.5, 0.6) is 0 Å². The summed E-state index contributed by atoms with van der Waals surface area (Å²) < 4.78 is 11.2. The topological polar surface area (TPSA) is 67.9 Å². The molecule has 0 aliphatic carbocycles. The Hall–Kier alpha value is -1.63. The van der Waals surface area contributed by atoms with Gasteiger partial charge in [-0.25, -0.2) is 0 Å². The third-order valence-electron chi connectivity index (χ3n) is 4.22. The Kier molecular flexibility index (Phi) is 4.84. The van der Waals surface area contributed by atoms with Crippen LogP contribution in [0.25, 0.3) is 0 Å². The molecule has 0 saturated carbocycles. The quantitative estimate of drug-likeness (QED) is 0.826. The molecule has 6 nitrogen and oxygen atoms in total. The minimum Gasteiger partial charge on any atom is -0.347 e. The predicted octanol–water partition coefficient (Wildman–Crippen LogP) is 1.32. The van der Waals surface area contributed by atoms with E-state index < -0.39 is 17.6 Å². The first-order valence-electron chi connectivity index (χ1n) is 7.68. The van der Waals surface area contributed by atoms with Crippen LogP contribution in [0.15, 0.2) is 24.3 Å². The lowest BCUT2D eigenvalue weighted by atomic mass is 10.0. The fourth-order valence-corrected chi connectivity index (χ4v) is 3.08. The molecule has 2 aliphatic rings. The molecule has 1 aromatic rings. The minimum absolute atomic E-state index is 0.230. The van der Waals surface area contributed by atoms with Crippen LogP contribution >= 0.6 is 11.6 Å². The summed E-state index contributed by atoms with van der Waals surface area (Å²) in [4.78, 5) is 25.8. The van der Waals surface area contributed by atoms with E-state index >= 15 is 0 Å². The Labute approximate surface area is 139 Å². The lowest BCUT2D eigenvalue weighted by Crippen LogP contribution is -2.51. The second-order valence-electron chi connectivity index (χ2n) is 5.67. The predicted molar refractivity (Wildman–Crippen MR) is 83.7 cm³/mol. The number of benzene rings is 1. The first-order chi connectivity index (χ1) is 11.1. The molecule has 2 saturated heterocycles. The summed E-state index contributed by atoms with van der Waals surface area (Å²) >= 11 is 6.03. The minimum atomic E-state index is -0.617. The van der Waals surface area contributed by atoms with Gasteiger partial charge in [-0.3, -0.25) is 9.59 Å². The number of carbonyl (C=O) groups excluding carboxylic acids is 2. The molecule has 2 aliphatic heterocycles. The summed E-state index contributed by atoms with van der Waals surface area (Å²) in [6.07, 6.45) is 1.19. The number of halogens is 1. The molecule has 1 aromatic carbocycles. The lowest BCUT2D eigenvalue weighted by molar-refractivity contribution is -0.188. The number of rotatable bonds is 2. The summed E-state index contributed by atoms with van der Waals surface area (Å²) in [6.45, 7) is 2.32. The Bertz CT molecular complexity index is 591. The van der Waals surface area contributed by atoms with Crippen LogP contribution in [0.1, 0.15) is 18.4 Å². The van der Waals surface area contributed by atoms with Crippen molar-refractivity contribution in [3.63, 3.8) is 0 Å². The molecule has 3 rings (SSSR count). The third-order valence-corrected chi connectivity index (χ3v) is 4.59. The van der Waals surface area contributed by atoms with Crippen molar-refractivity contribution >= 4 is 23.4 Å². The van der Waals surface area contributed by atoms with Gasteiger partial charge in [-0.1, -0.05) is 29.8 Å². The zero-order chi connectivity index (χ0) is 16.3. The van der Waals surface area contributed by atoms with E-state index in [0.29, 0.717) is 44.2 Å². The van der Waals surface area contributed by atoms with Gasteiger partial charge < -0.3 is 19.7 Å². The highest BCUT2D eigenvalue weighted by atomic mass is 35.5. The SMILES string of the molecule is O=C(NCc1ccccc1Cl)C(=O)N1CCC2(CC1)OCCO2. The van der Waals surface area contributed by atoms with Crippen LogP contribution in [0.3, 0.4) is 0 Å². The van der Waals surface area contributed by atoms with Crippen molar-refractivity contribution in [2.75, 3.05) is 26.3 Å². The molecule has 2 amide bonds. The van der Waals surface area contributed by atoms with Crippen LogP contribution in [-0.4, -0.2) is 48.8 Å². The van der Waals surface area contributed by atoms with Crippen LogP contribution in [-0.2, 0) is 25.6 Å². The number of carbonyl (C=O) groups is 2. The standard InChI is InChI=1S/C16H19ClN2O4/c17-13-4-2-1-3-12(13)11-18-14(20)15(21)19-7-5-16(6-8-19)22-9-10-23-16/h1-4H,5-11H2,(H,18,20). The van der Waals surface area contributed by atoms with E-state index in [9.17, 15) is 9.59 Å². The molecule has 124 valence electrons. The van der Waals surface area contributed by atoms with Crippen molar-refractivity contribution in [1.82, 2.24) is 10.2 Å². The van der Waals surface area contributed by atoms with Gasteiger partial charge in [-0.15, -0.1) is 0 Å². The molecule has 2 heterocycles. The monoisotopic (exact) mass is 338 g/mol. The van der Waals surface area contributed by atoms with Gasteiger partial charge in [-0.2, -0.15) is 0 Å². The summed E-state index contributed by atoms with van der Waals surface area (Å²) in [7, 11) is 0. The maximum atomic E-state index is 12.2. The summed E-state index contributed by atoms with van der Waals surface area (Å²) in [5, 5.41) is 3.19. The highest BCUT2D eigenvalue weighted by Gasteiger charge is 2.41. The first kappa shape index (κ1) is 16.2. The molecule has 1 N–H and O–H groups in total. The second-order valence-corrected chi connectivity index (χ2v) is 6.08. The van der Waals surface area contributed by atoms with Gasteiger partial charge in [0.15, 0.2) is 5.79 Å². The first-order valence-corrected chi connectivity index (χ1v) is 8.06. The smallest absolute Gasteiger partial charge is 0.311 e. The number of nitrogens with zero attached hydrogens (tertiary/aromatic N) is 1. The van der Waals surface area contributed by atoms with Gasteiger partial charge in [0.05, 0.1) is 13.2 Å². The normalized spacial score (nSPS) is 19.8. The van der Waals surface area contributed by atoms with Crippen LogP contribution < -0.4 is 5.32 Å². The molecular formula is C16H19ClN2O4. The van der Waals surface area contributed by atoms with Gasteiger partial charge in [0.2, 0.25) is 0 Å². The Balaban J connectivity index is 1.50. The van der Waals surface area contributed by atoms with Crippen molar-refractivity contribution in [3.05, 3.63) is 34.9 Å². The Morgan fingerprint density at radius 1 is 1.17 bits per heavy atom. The number of hydrogen-bond donors (Lipinski definition) is 1. The number of likely N-dealkylation sites (tertiary alicyclic amines) is 1. The van der Waals surface area contributed by atoms with E-state index in [-0.39, 0.29) is 6.54 Å². The van der Waals surface area contributed by atoms with E-state index in [4.69, 9.17) is 21.1 Å². The molecule has 23 heavy (non-hydrogen) atoms. The lowest BCUT2D eigenvalue weighted by Gasteiger charge is -2.37. The Morgan fingerprint density at radius 3 is 2.48 bits per heavy atom. The van der Waals surface area contributed by atoms with E-state index in [1.165, 1.54) is 4.90 Å². The van der Waals surface area contributed by atoms with E-state index in [2.05, 4.69) is 5.32 Å². The Morgan fingerprint density at radius 2 is 1.83 bits per heavy atom. The third kappa shape index (κ3) is 3.65. The van der Waals surface area contributed by atoms with E-state index in [1.807, 2.05) is 18.2 Å². The summed E-state index contributed by atoms with van der Waals surface area (Å²) in [5.74, 6) is -1.69. The van der Waals surface area contributed by atoms with Crippen LogP contribution in [0.2, 0.25) is 5.02 Å². The average Bonchev–Trinajstić information content (AvgIpc) is 3.02. The molecule has 7 heteroatoms. The summed E-state index contributed by atoms with van der Waals surface area (Å²) in [6, 6.07) is 7.21. The molecule has 1 spiro atoms. The molecule has 0 bridgehead atoms. The highest BCUT2D eigenvalue weighted by molar-refractivity contribution is 6.35. The van der Waals surface area contributed by atoms with Gasteiger partial charge in [0, 0.05) is 37.5 Å². The maximum absolute atomic E-state index is 12.2. The number of piperidine rings is 1. The van der Waals surface area contributed by atoms with Gasteiger partial charge in [-0.05, 0) is 11.6 Å². The molecule has 0 atom stereocenters. The number of hydrogen-bond acceptors (Lipinski definition) is 4. The van der Waals surface area contributed by atoms with Crippen molar-refractivity contribution in [3.8, 4) is 0 Å². The second kappa shape index (κ2) is 6.86.